The van der Waals surface area contributed by atoms with Gasteiger partial charge in [-0.25, -0.2) is 4.68 Å². The number of hydrogen-bond donors (Lipinski definition) is 1. The Kier molecular flexibility index (Phi) is 3.70. The van der Waals surface area contributed by atoms with Crippen LogP contribution in [0.4, 0.5) is 0 Å². The molecule has 0 spiro atoms. The van der Waals surface area contributed by atoms with E-state index in [0.29, 0.717) is 19.5 Å². The summed E-state index contributed by atoms with van der Waals surface area (Å²) in [5.74, 6) is 0.0251. The second-order valence-electron chi connectivity index (χ2n) is 5.36. The van der Waals surface area contributed by atoms with Crippen molar-refractivity contribution in [2.45, 2.75) is 25.4 Å². The first-order valence-electron chi connectivity index (χ1n) is 7.20. The van der Waals surface area contributed by atoms with Crippen LogP contribution < -0.4 is 5.73 Å². The van der Waals surface area contributed by atoms with E-state index >= 15 is 0 Å². The van der Waals surface area contributed by atoms with Crippen LogP contribution in [0.1, 0.15) is 19.4 Å². The smallest absolute Gasteiger partial charge is 0.239 e. The number of aromatic nitrogens is 3. The van der Waals surface area contributed by atoms with E-state index in [9.17, 15) is 4.79 Å². The summed E-state index contributed by atoms with van der Waals surface area (Å²) in [4.78, 5) is 13.7. The van der Waals surface area contributed by atoms with Crippen molar-refractivity contribution in [2.24, 2.45) is 5.73 Å². The molecule has 0 radical (unpaired) electrons. The normalized spacial score (nSPS) is 16.6. The quantitative estimate of drug-likeness (QED) is 0.911. The van der Waals surface area contributed by atoms with Crippen LogP contribution >= 0.6 is 0 Å². The Hall–Kier alpha value is -2.21. The van der Waals surface area contributed by atoms with E-state index in [-0.39, 0.29) is 18.0 Å². The van der Waals surface area contributed by atoms with Crippen LogP contribution in [0.5, 0.6) is 0 Å². The first-order chi connectivity index (χ1) is 10.2. The number of nitrogens with two attached hydrogens (primary N) is 1. The third-order valence-electron chi connectivity index (χ3n) is 3.88. The number of likely N-dealkylation sites (tertiary alicyclic amines) is 1. The second-order valence-corrected chi connectivity index (χ2v) is 5.36. The van der Waals surface area contributed by atoms with Crippen LogP contribution in [0.15, 0.2) is 36.5 Å². The Morgan fingerprint density at radius 3 is 2.76 bits per heavy atom. The van der Waals surface area contributed by atoms with Crippen LogP contribution in [0.3, 0.4) is 0 Å². The van der Waals surface area contributed by atoms with Crippen LogP contribution in [0.2, 0.25) is 0 Å². The Labute approximate surface area is 123 Å². The van der Waals surface area contributed by atoms with Crippen LogP contribution in [0, 0.1) is 0 Å². The van der Waals surface area contributed by atoms with Gasteiger partial charge in [-0.05, 0) is 6.42 Å². The van der Waals surface area contributed by atoms with Crippen molar-refractivity contribution in [3.8, 4) is 11.3 Å². The van der Waals surface area contributed by atoms with Crippen molar-refractivity contribution in [2.75, 3.05) is 13.1 Å². The van der Waals surface area contributed by atoms with Crippen molar-refractivity contribution >= 4 is 5.91 Å². The molecule has 1 amide bonds. The third-order valence-corrected chi connectivity index (χ3v) is 3.88. The van der Waals surface area contributed by atoms with Crippen molar-refractivity contribution in [1.29, 1.82) is 0 Å². The van der Waals surface area contributed by atoms with Gasteiger partial charge in [0.2, 0.25) is 5.91 Å². The van der Waals surface area contributed by atoms with Crippen molar-refractivity contribution in [1.82, 2.24) is 19.9 Å². The number of nitrogens with zero attached hydrogens (tertiary/aromatic N) is 4. The predicted molar refractivity (Wildman–Crippen MR) is 79.3 cm³/mol. The summed E-state index contributed by atoms with van der Waals surface area (Å²) < 4.78 is 1.84. The summed E-state index contributed by atoms with van der Waals surface area (Å²) >= 11 is 0. The molecule has 1 fully saturated rings. The maximum atomic E-state index is 11.9. The first-order valence-corrected chi connectivity index (χ1v) is 7.20. The molecule has 6 heteroatoms. The van der Waals surface area contributed by atoms with Crippen molar-refractivity contribution in [3.05, 3.63) is 36.5 Å². The first kappa shape index (κ1) is 13.8. The minimum absolute atomic E-state index is 0.0251. The summed E-state index contributed by atoms with van der Waals surface area (Å²) in [5, 5.41) is 8.37. The summed E-state index contributed by atoms with van der Waals surface area (Å²) in [5.41, 5.74) is 7.66. The maximum Gasteiger partial charge on any atom is 0.239 e. The lowest BCUT2D eigenvalue weighted by molar-refractivity contribution is -0.138. The fourth-order valence-corrected chi connectivity index (χ4v) is 2.41. The average Bonchev–Trinajstić information content (AvgIpc) is 2.95. The fraction of sp³-hybridized carbons (Fsp3) is 0.400. The Morgan fingerprint density at radius 1 is 1.38 bits per heavy atom. The molecule has 0 aliphatic carbocycles. The number of carbonyl (C=O) groups is 1. The molecule has 6 nitrogen and oxygen atoms in total. The molecule has 0 unspecified atom stereocenters. The number of rotatable bonds is 4. The summed E-state index contributed by atoms with van der Waals surface area (Å²) in [6, 6.07) is 9.75. The van der Waals surface area contributed by atoms with Gasteiger partial charge >= 0.3 is 0 Å². The van der Waals surface area contributed by atoms with Gasteiger partial charge in [0.05, 0.1) is 18.3 Å². The standard InChI is InChI=1S/C15H19N5O/c1-2-13(16)15(21)19-8-12(9-19)20-10-14(17-18-20)11-6-4-3-5-7-11/h3-7,10,12-13H,2,8-9,16H2,1H3/t13-/m1/s1. The molecule has 1 aliphatic heterocycles. The highest BCUT2D eigenvalue weighted by Crippen LogP contribution is 2.23. The van der Waals surface area contributed by atoms with Gasteiger partial charge in [-0.2, -0.15) is 0 Å². The summed E-state index contributed by atoms with van der Waals surface area (Å²) in [6.07, 6.45) is 2.60. The van der Waals surface area contributed by atoms with Gasteiger partial charge in [-0.1, -0.05) is 42.5 Å². The average molecular weight is 285 g/mol. The Morgan fingerprint density at radius 2 is 2.10 bits per heavy atom. The van der Waals surface area contributed by atoms with E-state index in [4.69, 9.17) is 5.73 Å². The third kappa shape index (κ3) is 2.67. The van der Waals surface area contributed by atoms with E-state index in [1.165, 1.54) is 0 Å². The highest BCUT2D eigenvalue weighted by molar-refractivity contribution is 5.82. The molecule has 2 aromatic rings. The van der Waals surface area contributed by atoms with Gasteiger partial charge in [-0.3, -0.25) is 4.79 Å². The van der Waals surface area contributed by atoms with E-state index < -0.39 is 0 Å². The van der Waals surface area contributed by atoms with Crippen molar-refractivity contribution < 1.29 is 4.79 Å². The molecule has 110 valence electrons. The lowest BCUT2D eigenvalue weighted by Gasteiger charge is -2.40. The molecule has 0 bridgehead atoms. The maximum absolute atomic E-state index is 11.9. The molecule has 1 atom stereocenters. The molecule has 21 heavy (non-hydrogen) atoms. The van der Waals surface area contributed by atoms with E-state index in [0.717, 1.165) is 11.3 Å². The molecule has 1 aromatic carbocycles. The monoisotopic (exact) mass is 285 g/mol. The van der Waals surface area contributed by atoms with E-state index in [1.54, 1.807) is 4.90 Å². The van der Waals surface area contributed by atoms with E-state index in [1.807, 2.05) is 48.1 Å². The molecule has 1 aliphatic rings. The highest BCUT2D eigenvalue weighted by atomic mass is 16.2. The molecular weight excluding hydrogens is 266 g/mol. The summed E-state index contributed by atoms with van der Waals surface area (Å²) in [7, 11) is 0. The predicted octanol–water partition coefficient (Wildman–Crippen LogP) is 1.07. The van der Waals surface area contributed by atoms with Gasteiger partial charge in [-0.15, -0.1) is 5.10 Å². The number of benzene rings is 1. The van der Waals surface area contributed by atoms with Gasteiger partial charge in [0.25, 0.3) is 0 Å². The number of amides is 1. The van der Waals surface area contributed by atoms with Crippen LogP contribution in [0.25, 0.3) is 11.3 Å². The molecular formula is C15H19N5O. The van der Waals surface area contributed by atoms with Gasteiger partial charge in [0.15, 0.2) is 0 Å². The van der Waals surface area contributed by atoms with Gasteiger partial charge in [0, 0.05) is 18.7 Å². The highest BCUT2D eigenvalue weighted by Gasteiger charge is 2.34. The van der Waals surface area contributed by atoms with Gasteiger partial charge in [0.1, 0.15) is 5.69 Å². The topological polar surface area (TPSA) is 77.0 Å². The Bertz CT molecular complexity index is 618. The zero-order valence-corrected chi connectivity index (χ0v) is 12.0. The van der Waals surface area contributed by atoms with Crippen molar-refractivity contribution in [3.63, 3.8) is 0 Å². The van der Waals surface area contributed by atoms with Crippen LogP contribution in [-0.2, 0) is 4.79 Å². The largest absolute Gasteiger partial charge is 0.337 e. The molecule has 0 saturated carbocycles. The molecule has 3 rings (SSSR count). The molecule has 2 N–H and O–H groups in total. The zero-order valence-electron chi connectivity index (χ0n) is 12.0. The van der Waals surface area contributed by atoms with E-state index in [2.05, 4.69) is 10.3 Å². The minimum Gasteiger partial charge on any atom is -0.337 e. The SMILES string of the molecule is CC[C@@H](N)C(=O)N1CC(n2cc(-c3ccccc3)nn2)C1. The zero-order chi connectivity index (χ0) is 14.8. The van der Waals surface area contributed by atoms with Crippen LogP contribution in [-0.4, -0.2) is 44.9 Å². The Balaban J connectivity index is 1.63. The lowest BCUT2D eigenvalue weighted by Crippen LogP contribution is -2.55. The molecule has 1 aromatic heterocycles. The number of carbonyl (C=O) groups excluding carboxylic acids is 1. The summed E-state index contributed by atoms with van der Waals surface area (Å²) in [6.45, 7) is 3.23. The number of hydrogen-bond acceptors (Lipinski definition) is 4. The van der Waals surface area contributed by atoms with Gasteiger partial charge < -0.3 is 10.6 Å². The molecule has 1 saturated heterocycles. The minimum atomic E-state index is -0.387. The lowest BCUT2D eigenvalue weighted by atomic mass is 10.1. The second kappa shape index (κ2) is 5.65. The fourth-order valence-electron chi connectivity index (χ4n) is 2.41. The molecule has 2 heterocycles.